The van der Waals surface area contributed by atoms with Crippen molar-refractivity contribution in [3.05, 3.63) is 29.8 Å². The van der Waals surface area contributed by atoms with Crippen LogP contribution in [0.1, 0.15) is 30.9 Å². The van der Waals surface area contributed by atoms with Crippen molar-refractivity contribution in [1.82, 2.24) is 0 Å². The highest BCUT2D eigenvalue weighted by atomic mass is 16.5. The Bertz CT molecular complexity index is 332. The van der Waals surface area contributed by atoms with E-state index < -0.39 is 6.10 Å². The second-order valence-electron chi connectivity index (χ2n) is 4.48. The molecular weight excluding hydrogens is 202 g/mol. The van der Waals surface area contributed by atoms with Gasteiger partial charge in [0.05, 0.1) is 19.3 Å². The topological polar surface area (TPSA) is 55.5 Å². The van der Waals surface area contributed by atoms with Gasteiger partial charge in [0.2, 0.25) is 0 Å². The molecule has 1 aliphatic rings. The number of aliphatic hydroxyl groups excluding tert-OH is 1. The number of ether oxygens (including phenoxy) is 1. The van der Waals surface area contributed by atoms with E-state index in [1.165, 1.54) is 6.42 Å². The fraction of sp³-hybridized carbons (Fsp3) is 0.538. The average Bonchev–Trinajstić information content (AvgIpc) is 2.26. The summed E-state index contributed by atoms with van der Waals surface area (Å²) in [7, 11) is 1.64. The van der Waals surface area contributed by atoms with E-state index >= 15 is 0 Å². The van der Waals surface area contributed by atoms with Gasteiger partial charge >= 0.3 is 0 Å². The van der Waals surface area contributed by atoms with Crippen molar-refractivity contribution in [2.75, 3.05) is 7.11 Å². The van der Waals surface area contributed by atoms with Crippen molar-refractivity contribution in [2.45, 2.75) is 31.4 Å². The van der Waals surface area contributed by atoms with Crippen LogP contribution in [0.5, 0.6) is 5.75 Å². The van der Waals surface area contributed by atoms with Gasteiger partial charge in [-0.05, 0) is 36.5 Å². The molecule has 3 nitrogen and oxygen atoms in total. The molecule has 3 heteroatoms. The number of benzene rings is 1. The predicted molar refractivity (Wildman–Crippen MR) is 63.3 cm³/mol. The number of hydrogen-bond acceptors (Lipinski definition) is 3. The van der Waals surface area contributed by atoms with Crippen LogP contribution in [0.15, 0.2) is 24.3 Å². The fourth-order valence-corrected chi connectivity index (χ4v) is 2.10. The first-order chi connectivity index (χ1) is 7.72. The van der Waals surface area contributed by atoms with E-state index in [9.17, 15) is 5.11 Å². The van der Waals surface area contributed by atoms with Crippen LogP contribution in [-0.2, 0) is 0 Å². The van der Waals surface area contributed by atoms with E-state index in [0.717, 1.165) is 24.2 Å². The standard InChI is InChI=1S/C13H19NO2/c1-16-11-7-5-9(6-8-11)12(14)13(15)10-3-2-4-10/h5-8,10,12-13,15H,2-4,14H2,1H3/t12-,13+/m1/s1. The molecule has 0 spiro atoms. The van der Waals surface area contributed by atoms with Crippen molar-refractivity contribution in [1.29, 1.82) is 0 Å². The summed E-state index contributed by atoms with van der Waals surface area (Å²) in [6, 6.07) is 7.32. The molecule has 16 heavy (non-hydrogen) atoms. The Labute approximate surface area is 96.2 Å². The molecule has 1 aliphatic carbocycles. The number of methoxy groups -OCH3 is 1. The van der Waals surface area contributed by atoms with Crippen molar-refractivity contribution in [2.24, 2.45) is 11.7 Å². The average molecular weight is 221 g/mol. The highest BCUT2D eigenvalue weighted by Gasteiger charge is 2.30. The minimum atomic E-state index is -0.415. The van der Waals surface area contributed by atoms with Crippen LogP contribution in [0.2, 0.25) is 0 Å². The second-order valence-corrected chi connectivity index (χ2v) is 4.48. The third-order valence-electron chi connectivity index (χ3n) is 3.50. The SMILES string of the molecule is COc1ccc([C@@H](N)[C@@H](O)C2CCC2)cc1. The lowest BCUT2D eigenvalue weighted by Crippen LogP contribution is -2.36. The lowest BCUT2D eigenvalue weighted by Gasteiger charge is -2.33. The zero-order chi connectivity index (χ0) is 11.5. The van der Waals surface area contributed by atoms with Gasteiger partial charge in [0.25, 0.3) is 0 Å². The van der Waals surface area contributed by atoms with Crippen molar-refractivity contribution < 1.29 is 9.84 Å². The fourth-order valence-electron chi connectivity index (χ4n) is 2.10. The third kappa shape index (κ3) is 2.20. The second kappa shape index (κ2) is 4.85. The number of nitrogens with two attached hydrogens (primary N) is 1. The maximum Gasteiger partial charge on any atom is 0.118 e. The highest BCUT2D eigenvalue weighted by Crippen LogP contribution is 2.34. The summed E-state index contributed by atoms with van der Waals surface area (Å²) in [4.78, 5) is 0. The van der Waals surface area contributed by atoms with Gasteiger partial charge in [-0.3, -0.25) is 0 Å². The molecule has 3 N–H and O–H groups in total. The molecule has 1 aromatic carbocycles. The zero-order valence-corrected chi connectivity index (χ0v) is 9.60. The van der Waals surface area contributed by atoms with Crippen LogP contribution in [0.25, 0.3) is 0 Å². The van der Waals surface area contributed by atoms with E-state index in [1.54, 1.807) is 7.11 Å². The third-order valence-corrected chi connectivity index (χ3v) is 3.50. The van der Waals surface area contributed by atoms with Crippen LogP contribution in [0.4, 0.5) is 0 Å². The Kier molecular flexibility index (Phi) is 3.46. The molecule has 0 saturated heterocycles. The summed E-state index contributed by atoms with van der Waals surface area (Å²) < 4.78 is 5.09. The van der Waals surface area contributed by atoms with Gasteiger partial charge in [-0.15, -0.1) is 0 Å². The summed E-state index contributed by atoms with van der Waals surface area (Å²) in [6.07, 6.45) is 3.01. The molecular formula is C13H19NO2. The molecule has 0 radical (unpaired) electrons. The maximum absolute atomic E-state index is 10.1. The highest BCUT2D eigenvalue weighted by molar-refractivity contribution is 5.29. The van der Waals surface area contributed by atoms with Gasteiger partial charge in [0, 0.05) is 0 Å². The van der Waals surface area contributed by atoms with Gasteiger partial charge in [0.1, 0.15) is 5.75 Å². The molecule has 88 valence electrons. The van der Waals surface area contributed by atoms with Crippen molar-refractivity contribution in [3.8, 4) is 5.75 Å². The smallest absolute Gasteiger partial charge is 0.118 e. The van der Waals surface area contributed by atoms with Gasteiger partial charge in [-0.1, -0.05) is 18.6 Å². The number of aliphatic hydroxyl groups is 1. The first-order valence-corrected chi connectivity index (χ1v) is 5.80. The summed E-state index contributed by atoms with van der Waals surface area (Å²) in [5, 5.41) is 10.1. The van der Waals surface area contributed by atoms with Crippen LogP contribution in [0, 0.1) is 5.92 Å². The lowest BCUT2D eigenvalue weighted by atomic mass is 9.77. The summed E-state index contributed by atoms with van der Waals surface area (Å²) >= 11 is 0. The van der Waals surface area contributed by atoms with Crippen LogP contribution in [0.3, 0.4) is 0 Å². The molecule has 2 rings (SSSR count). The first-order valence-electron chi connectivity index (χ1n) is 5.80. The Morgan fingerprint density at radius 3 is 2.38 bits per heavy atom. The summed E-state index contributed by atoms with van der Waals surface area (Å²) in [5.41, 5.74) is 7.02. The van der Waals surface area contributed by atoms with Crippen molar-refractivity contribution in [3.63, 3.8) is 0 Å². The van der Waals surface area contributed by atoms with E-state index in [2.05, 4.69) is 0 Å². The Balaban J connectivity index is 2.04. The largest absolute Gasteiger partial charge is 0.497 e. The quantitative estimate of drug-likeness (QED) is 0.816. The normalized spacial score (nSPS) is 19.9. The zero-order valence-electron chi connectivity index (χ0n) is 9.60. The minimum Gasteiger partial charge on any atom is -0.497 e. The van der Waals surface area contributed by atoms with Crippen LogP contribution in [-0.4, -0.2) is 18.3 Å². The molecule has 0 heterocycles. The molecule has 0 unspecified atom stereocenters. The van der Waals surface area contributed by atoms with Gasteiger partial charge in [0.15, 0.2) is 0 Å². The summed E-state index contributed by atoms with van der Waals surface area (Å²) in [6.45, 7) is 0. The molecule has 0 aromatic heterocycles. The molecule has 0 bridgehead atoms. The number of hydrogen-bond donors (Lipinski definition) is 2. The molecule has 0 amide bonds. The monoisotopic (exact) mass is 221 g/mol. The van der Waals surface area contributed by atoms with Gasteiger partial charge in [-0.2, -0.15) is 0 Å². The van der Waals surface area contributed by atoms with Crippen molar-refractivity contribution >= 4 is 0 Å². The first kappa shape index (κ1) is 11.4. The Morgan fingerprint density at radius 1 is 1.31 bits per heavy atom. The van der Waals surface area contributed by atoms with Crippen LogP contribution < -0.4 is 10.5 Å². The minimum absolute atomic E-state index is 0.281. The van der Waals surface area contributed by atoms with E-state index in [4.69, 9.17) is 10.5 Å². The van der Waals surface area contributed by atoms with E-state index in [1.807, 2.05) is 24.3 Å². The molecule has 0 aliphatic heterocycles. The van der Waals surface area contributed by atoms with E-state index in [0.29, 0.717) is 5.92 Å². The Morgan fingerprint density at radius 2 is 1.94 bits per heavy atom. The number of rotatable bonds is 4. The molecule has 2 atom stereocenters. The lowest BCUT2D eigenvalue weighted by molar-refractivity contribution is 0.0413. The van der Waals surface area contributed by atoms with Crippen LogP contribution >= 0.6 is 0 Å². The maximum atomic E-state index is 10.1. The summed E-state index contributed by atoms with van der Waals surface area (Å²) in [5.74, 6) is 1.20. The molecule has 1 saturated carbocycles. The molecule has 1 fully saturated rings. The predicted octanol–water partition coefficient (Wildman–Crippen LogP) is 1.86. The van der Waals surface area contributed by atoms with Gasteiger partial charge < -0.3 is 15.6 Å². The Hall–Kier alpha value is -1.06. The molecule has 1 aromatic rings. The van der Waals surface area contributed by atoms with Gasteiger partial charge in [-0.25, -0.2) is 0 Å². The van der Waals surface area contributed by atoms with E-state index in [-0.39, 0.29) is 6.04 Å².